The standard InChI is InChI=1S/C13H23N3OS/c1-3-5-14-11-4-6-16(10(2)7-11)8-12-9-18-13(17)15-12/h9-11,14H,3-8H2,1-2H3,(H,15,17). The lowest BCUT2D eigenvalue weighted by molar-refractivity contribution is 0.127. The summed E-state index contributed by atoms with van der Waals surface area (Å²) in [6, 6.07) is 1.24. The molecule has 0 radical (unpaired) electrons. The molecule has 102 valence electrons. The van der Waals surface area contributed by atoms with Crippen LogP contribution in [-0.2, 0) is 6.54 Å². The van der Waals surface area contributed by atoms with E-state index in [1.54, 1.807) is 0 Å². The van der Waals surface area contributed by atoms with Gasteiger partial charge in [0.25, 0.3) is 0 Å². The first-order valence-corrected chi connectivity index (χ1v) is 7.71. The minimum Gasteiger partial charge on any atom is -0.315 e. The van der Waals surface area contributed by atoms with Gasteiger partial charge in [-0.1, -0.05) is 18.3 Å². The highest BCUT2D eigenvalue weighted by molar-refractivity contribution is 7.07. The molecule has 1 aliphatic rings. The van der Waals surface area contributed by atoms with E-state index in [0.717, 1.165) is 25.3 Å². The molecule has 2 atom stereocenters. The molecule has 2 rings (SSSR count). The van der Waals surface area contributed by atoms with Gasteiger partial charge in [-0.15, -0.1) is 0 Å². The molecule has 2 N–H and O–H groups in total. The molecule has 2 heterocycles. The number of nitrogens with one attached hydrogen (secondary N) is 2. The maximum Gasteiger partial charge on any atom is 0.304 e. The Morgan fingerprint density at radius 1 is 1.61 bits per heavy atom. The van der Waals surface area contributed by atoms with Crippen molar-refractivity contribution in [2.75, 3.05) is 13.1 Å². The van der Waals surface area contributed by atoms with E-state index in [-0.39, 0.29) is 4.87 Å². The monoisotopic (exact) mass is 269 g/mol. The van der Waals surface area contributed by atoms with Gasteiger partial charge in [-0.2, -0.15) is 0 Å². The number of nitrogens with zero attached hydrogens (tertiary/aromatic N) is 1. The lowest BCUT2D eigenvalue weighted by Gasteiger charge is -2.37. The summed E-state index contributed by atoms with van der Waals surface area (Å²) < 4.78 is 0. The molecule has 1 fully saturated rings. The molecule has 0 aromatic carbocycles. The Hall–Kier alpha value is -0.650. The van der Waals surface area contributed by atoms with Crippen molar-refractivity contribution in [2.45, 2.75) is 51.7 Å². The van der Waals surface area contributed by atoms with E-state index in [0.29, 0.717) is 12.1 Å². The third kappa shape index (κ3) is 3.67. The average Bonchev–Trinajstić information content (AvgIpc) is 2.75. The second-order valence-electron chi connectivity index (χ2n) is 5.17. The Morgan fingerprint density at radius 3 is 3.06 bits per heavy atom. The molecule has 1 saturated heterocycles. The summed E-state index contributed by atoms with van der Waals surface area (Å²) in [5, 5.41) is 5.55. The van der Waals surface area contributed by atoms with Crippen molar-refractivity contribution in [2.24, 2.45) is 0 Å². The fourth-order valence-electron chi connectivity index (χ4n) is 2.60. The van der Waals surface area contributed by atoms with Crippen LogP contribution in [0.5, 0.6) is 0 Å². The smallest absolute Gasteiger partial charge is 0.304 e. The zero-order valence-electron chi connectivity index (χ0n) is 11.2. The van der Waals surface area contributed by atoms with Crippen molar-refractivity contribution in [3.8, 4) is 0 Å². The van der Waals surface area contributed by atoms with Crippen molar-refractivity contribution >= 4 is 11.3 Å². The van der Waals surface area contributed by atoms with Crippen molar-refractivity contribution in [3.05, 3.63) is 20.7 Å². The minimum atomic E-state index is 0.0529. The first-order valence-electron chi connectivity index (χ1n) is 6.83. The molecule has 0 spiro atoms. The van der Waals surface area contributed by atoms with E-state index in [2.05, 4.69) is 29.0 Å². The number of likely N-dealkylation sites (tertiary alicyclic amines) is 1. The summed E-state index contributed by atoms with van der Waals surface area (Å²) in [5.41, 5.74) is 1.05. The molecule has 4 nitrogen and oxygen atoms in total. The number of hydrogen-bond donors (Lipinski definition) is 2. The number of H-pyrrole nitrogens is 1. The maximum absolute atomic E-state index is 11.1. The van der Waals surface area contributed by atoms with Crippen LogP contribution in [0, 0.1) is 0 Å². The molecule has 0 amide bonds. The van der Waals surface area contributed by atoms with E-state index in [9.17, 15) is 4.79 Å². The predicted molar refractivity (Wildman–Crippen MR) is 76.1 cm³/mol. The number of thiazole rings is 1. The van der Waals surface area contributed by atoms with Crippen LogP contribution in [0.2, 0.25) is 0 Å². The van der Waals surface area contributed by atoms with E-state index in [1.165, 1.54) is 30.6 Å². The highest BCUT2D eigenvalue weighted by atomic mass is 32.1. The van der Waals surface area contributed by atoms with Crippen LogP contribution in [0.15, 0.2) is 10.2 Å². The normalized spacial score (nSPS) is 25.4. The summed E-state index contributed by atoms with van der Waals surface area (Å²) in [5.74, 6) is 0. The second kappa shape index (κ2) is 6.50. The van der Waals surface area contributed by atoms with Crippen LogP contribution < -0.4 is 10.2 Å². The quantitative estimate of drug-likeness (QED) is 0.857. The molecule has 0 bridgehead atoms. The zero-order chi connectivity index (χ0) is 13.0. The van der Waals surface area contributed by atoms with Crippen molar-refractivity contribution < 1.29 is 0 Å². The molecule has 1 aliphatic heterocycles. The van der Waals surface area contributed by atoms with Gasteiger partial charge < -0.3 is 10.3 Å². The maximum atomic E-state index is 11.1. The Morgan fingerprint density at radius 2 is 2.44 bits per heavy atom. The number of hydrogen-bond acceptors (Lipinski definition) is 4. The molecule has 0 aliphatic carbocycles. The van der Waals surface area contributed by atoms with Gasteiger partial charge in [-0.3, -0.25) is 9.69 Å². The number of aromatic nitrogens is 1. The van der Waals surface area contributed by atoms with Crippen molar-refractivity contribution in [1.29, 1.82) is 0 Å². The van der Waals surface area contributed by atoms with Gasteiger partial charge in [0.1, 0.15) is 0 Å². The van der Waals surface area contributed by atoms with E-state index in [4.69, 9.17) is 0 Å². The molecular weight excluding hydrogens is 246 g/mol. The van der Waals surface area contributed by atoms with Crippen LogP contribution in [0.1, 0.15) is 38.8 Å². The average molecular weight is 269 g/mol. The number of aromatic amines is 1. The van der Waals surface area contributed by atoms with Gasteiger partial charge in [-0.05, 0) is 32.7 Å². The van der Waals surface area contributed by atoms with Crippen molar-refractivity contribution in [3.63, 3.8) is 0 Å². The van der Waals surface area contributed by atoms with Gasteiger partial charge in [0, 0.05) is 36.2 Å². The predicted octanol–water partition coefficient (Wildman–Crippen LogP) is 1.79. The summed E-state index contributed by atoms with van der Waals surface area (Å²) in [4.78, 5) is 16.5. The number of rotatable bonds is 5. The first-order chi connectivity index (χ1) is 8.69. The molecule has 5 heteroatoms. The molecule has 2 unspecified atom stereocenters. The largest absolute Gasteiger partial charge is 0.315 e. The molecule has 0 saturated carbocycles. The van der Waals surface area contributed by atoms with E-state index < -0.39 is 0 Å². The highest BCUT2D eigenvalue weighted by Crippen LogP contribution is 2.19. The van der Waals surface area contributed by atoms with Gasteiger partial charge in [0.2, 0.25) is 0 Å². The van der Waals surface area contributed by atoms with Crippen LogP contribution in [0.4, 0.5) is 0 Å². The number of piperidine rings is 1. The Kier molecular flexibility index (Phi) is 4.97. The summed E-state index contributed by atoms with van der Waals surface area (Å²) in [6.07, 6.45) is 3.61. The van der Waals surface area contributed by atoms with Gasteiger partial charge in [0.05, 0.1) is 0 Å². The first kappa shape index (κ1) is 13.8. The van der Waals surface area contributed by atoms with Crippen LogP contribution in [-0.4, -0.2) is 35.1 Å². The lowest BCUT2D eigenvalue weighted by atomic mass is 9.98. The molecule has 1 aromatic heterocycles. The van der Waals surface area contributed by atoms with Gasteiger partial charge >= 0.3 is 4.87 Å². The summed E-state index contributed by atoms with van der Waals surface area (Å²) in [6.45, 7) is 7.60. The minimum absolute atomic E-state index is 0.0529. The van der Waals surface area contributed by atoms with Crippen LogP contribution in [0.3, 0.4) is 0 Å². The molecule has 18 heavy (non-hydrogen) atoms. The van der Waals surface area contributed by atoms with Gasteiger partial charge in [-0.25, -0.2) is 0 Å². The fraction of sp³-hybridized carbons (Fsp3) is 0.769. The van der Waals surface area contributed by atoms with E-state index >= 15 is 0 Å². The molecular formula is C13H23N3OS. The SMILES string of the molecule is CCCNC1CCN(Cc2csc(=O)[nH]2)C(C)C1. The van der Waals surface area contributed by atoms with Gasteiger partial charge in [0.15, 0.2) is 0 Å². The molecule has 1 aromatic rings. The summed E-state index contributed by atoms with van der Waals surface area (Å²) in [7, 11) is 0. The second-order valence-corrected chi connectivity index (χ2v) is 6.01. The van der Waals surface area contributed by atoms with E-state index in [1.807, 2.05) is 5.38 Å². The fourth-order valence-corrected chi connectivity index (χ4v) is 3.17. The van der Waals surface area contributed by atoms with Crippen LogP contribution >= 0.6 is 11.3 Å². The Bertz CT molecular complexity index is 414. The third-order valence-corrected chi connectivity index (χ3v) is 4.36. The van der Waals surface area contributed by atoms with Crippen LogP contribution in [0.25, 0.3) is 0 Å². The zero-order valence-corrected chi connectivity index (χ0v) is 12.1. The third-order valence-electron chi connectivity index (χ3n) is 3.64. The Labute approximate surface area is 112 Å². The highest BCUT2D eigenvalue weighted by Gasteiger charge is 2.25. The summed E-state index contributed by atoms with van der Waals surface area (Å²) >= 11 is 1.26. The Balaban J connectivity index is 1.83. The lowest BCUT2D eigenvalue weighted by Crippen LogP contribution is -2.47. The van der Waals surface area contributed by atoms with Crippen molar-refractivity contribution in [1.82, 2.24) is 15.2 Å². The topological polar surface area (TPSA) is 48.1 Å².